The van der Waals surface area contributed by atoms with Gasteiger partial charge < -0.3 is 9.47 Å². The first-order chi connectivity index (χ1) is 15.0. The normalized spacial score (nSPS) is 20.8. The van der Waals surface area contributed by atoms with E-state index in [4.69, 9.17) is 26.2 Å². The summed E-state index contributed by atoms with van der Waals surface area (Å²) < 4.78 is 14.5. The van der Waals surface area contributed by atoms with Gasteiger partial charge in [-0.1, -0.05) is 24.6 Å². The van der Waals surface area contributed by atoms with Gasteiger partial charge in [0.05, 0.1) is 39.6 Å². The highest BCUT2D eigenvalue weighted by Crippen LogP contribution is 2.43. The summed E-state index contributed by atoms with van der Waals surface area (Å²) in [4.78, 5) is 0. The van der Waals surface area contributed by atoms with Gasteiger partial charge in [-0.25, -0.2) is 4.52 Å². The lowest BCUT2D eigenvalue weighted by Gasteiger charge is -2.39. The van der Waals surface area contributed by atoms with Crippen molar-refractivity contribution in [1.29, 1.82) is 0 Å². The SMILES string of the molecule is CCc1nn2c(-c3ccc(Cl)cc3OC)cccc2c1[N+](C)(CC1CC1)C1CCOC1. The topological polar surface area (TPSA) is 35.8 Å². The number of hydrogen-bond acceptors (Lipinski definition) is 3. The van der Waals surface area contributed by atoms with Gasteiger partial charge in [0.1, 0.15) is 23.0 Å². The van der Waals surface area contributed by atoms with Crippen molar-refractivity contribution in [1.82, 2.24) is 14.1 Å². The van der Waals surface area contributed by atoms with Gasteiger partial charge in [0.2, 0.25) is 0 Å². The fraction of sp³-hybridized carbons (Fsp3) is 0.480. The van der Waals surface area contributed by atoms with Crippen LogP contribution < -0.4 is 9.22 Å². The molecular formula is C25H31ClN3O2+. The Morgan fingerprint density at radius 3 is 2.74 bits per heavy atom. The summed E-state index contributed by atoms with van der Waals surface area (Å²) >= 11 is 6.22. The summed E-state index contributed by atoms with van der Waals surface area (Å²) in [6.07, 6.45) is 4.69. The second kappa shape index (κ2) is 8.12. The third kappa shape index (κ3) is 3.63. The Balaban J connectivity index is 1.72. The molecule has 2 aliphatic rings. The van der Waals surface area contributed by atoms with E-state index in [2.05, 4.69) is 36.7 Å². The molecule has 5 rings (SSSR count). The molecule has 2 fully saturated rings. The van der Waals surface area contributed by atoms with Crippen LogP contribution in [0.4, 0.5) is 5.69 Å². The first-order valence-corrected chi connectivity index (χ1v) is 11.7. The highest BCUT2D eigenvalue weighted by Gasteiger charge is 2.45. The number of methoxy groups -OCH3 is 1. The highest BCUT2D eigenvalue weighted by molar-refractivity contribution is 6.30. The minimum Gasteiger partial charge on any atom is -0.496 e. The van der Waals surface area contributed by atoms with E-state index in [0.717, 1.165) is 60.0 Å². The number of fused-ring (bicyclic) bond motifs is 1. The molecule has 1 aliphatic carbocycles. The number of quaternary nitrogens is 1. The minimum absolute atomic E-state index is 0.479. The molecule has 0 bridgehead atoms. The van der Waals surface area contributed by atoms with Gasteiger partial charge in [0.25, 0.3) is 0 Å². The number of nitrogens with zero attached hydrogens (tertiary/aromatic N) is 3. The number of rotatable bonds is 7. The molecular weight excluding hydrogens is 410 g/mol. The Bertz CT molecular complexity index is 1100. The van der Waals surface area contributed by atoms with Gasteiger partial charge in [-0.2, -0.15) is 5.10 Å². The monoisotopic (exact) mass is 440 g/mol. The first kappa shape index (κ1) is 20.8. The van der Waals surface area contributed by atoms with Gasteiger partial charge in [0.15, 0.2) is 5.69 Å². The molecule has 0 amide bonds. The smallest absolute Gasteiger partial charge is 0.182 e. The molecule has 1 aromatic carbocycles. The number of hydrogen-bond donors (Lipinski definition) is 0. The zero-order valence-corrected chi connectivity index (χ0v) is 19.4. The summed E-state index contributed by atoms with van der Waals surface area (Å²) in [5, 5.41) is 5.81. The third-order valence-corrected chi connectivity index (χ3v) is 7.27. The van der Waals surface area contributed by atoms with Crippen molar-refractivity contribution < 1.29 is 9.47 Å². The summed E-state index contributed by atoms with van der Waals surface area (Å²) in [5.74, 6) is 1.57. The average molecular weight is 441 g/mol. The van der Waals surface area contributed by atoms with Crippen LogP contribution >= 0.6 is 11.6 Å². The van der Waals surface area contributed by atoms with Crippen LogP contribution in [0.2, 0.25) is 5.02 Å². The van der Waals surface area contributed by atoms with Crippen molar-refractivity contribution in [2.45, 2.75) is 38.6 Å². The van der Waals surface area contributed by atoms with E-state index in [0.29, 0.717) is 11.1 Å². The maximum absolute atomic E-state index is 6.22. The van der Waals surface area contributed by atoms with Crippen molar-refractivity contribution in [3.63, 3.8) is 0 Å². The Hall–Kier alpha value is -2.08. The van der Waals surface area contributed by atoms with Gasteiger partial charge in [-0.15, -0.1) is 0 Å². The zero-order valence-electron chi connectivity index (χ0n) is 18.6. The molecule has 2 unspecified atom stereocenters. The van der Waals surface area contributed by atoms with E-state index in [9.17, 15) is 0 Å². The lowest BCUT2D eigenvalue weighted by Crippen LogP contribution is -2.55. The van der Waals surface area contributed by atoms with E-state index in [1.807, 2.05) is 18.2 Å². The number of aromatic nitrogens is 2. The number of likely N-dealkylation sites (N-methyl/N-ethyl adjacent to an activating group) is 1. The number of benzene rings is 1. The van der Waals surface area contributed by atoms with Crippen LogP contribution in [0.5, 0.6) is 5.75 Å². The summed E-state index contributed by atoms with van der Waals surface area (Å²) in [7, 11) is 4.09. The van der Waals surface area contributed by atoms with E-state index in [1.165, 1.54) is 29.7 Å². The molecule has 0 spiro atoms. The Morgan fingerprint density at radius 2 is 2.06 bits per heavy atom. The number of aryl methyl sites for hydroxylation is 1. The number of ether oxygens (including phenoxy) is 2. The lowest BCUT2D eigenvalue weighted by molar-refractivity contribution is 0.158. The van der Waals surface area contributed by atoms with Crippen LogP contribution in [0.1, 0.15) is 31.9 Å². The molecule has 164 valence electrons. The standard InChI is InChI=1S/C25H31ClN3O2/c1-4-21-25(29(2,15-17-8-9-17)19-12-13-31-16-19)23-7-5-6-22(28(23)27-21)20-11-10-18(26)14-24(20)30-3/h5-7,10-11,14,17,19H,4,8-9,12-13,15-16H2,1-3H3/q+1. The van der Waals surface area contributed by atoms with Gasteiger partial charge in [-0.05, 0) is 49.6 Å². The first-order valence-electron chi connectivity index (χ1n) is 11.3. The second-order valence-corrected chi connectivity index (χ2v) is 9.55. The van der Waals surface area contributed by atoms with Crippen LogP contribution in [0.15, 0.2) is 36.4 Å². The van der Waals surface area contributed by atoms with Crippen LogP contribution in [-0.4, -0.2) is 49.6 Å². The lowest BCUT2D eigenvalue weighted by atomic mass is 10.1. The van der Waals surface area contributed by atoms with E-state index < -0.39 is 0 Å². The van der Waals surface area contributed by atoms with Crippen molar-refractivity contribution in [3.05, 3.63) is 47.1 Å². The van der Waals surface area contributed by atoms with Crippen molar-refractivity contribution in [3.8, 4) is 17.0 Å². The molecule has 0 radical (unpaired) electrons. The summed E-state index contributed by atoms with van der Waals surface area (Å²) in [6.45, 7) is 5.06. The third-order valence-electron chi connectivity index (χ3n) is 7.03. The van der Waals surface area contributed by atoms with Crippen LogP contribution in [0.3, 0.4) is 0 Å². The molecule has 1 aliphatic heterocycles. The molecule has 3 aromatic rings. The van der Waals surface area contributed by atoms with E-state index >= 15 is 0 Å². The quantitative estimate of drug-likeness (QED) is 0.464. The largest absolute Gasteiger partial charge is 0.496 e. The molecule has 2 aromatic heterocycles. The van der Waals surface area contributed by atoms with Crippen LogP contribution in [0, 0.1) is 5.92 Å². The molecule has 5 nitrogen and oxygen atoms in total. The van der Waals surface area contributed by atoms with Gasteiger partial charge >= 0.3 is 0 Å². The maximum atomic E-state index is 6.22. The fourth-order valence-corrected chi connectivity index (χ4v) is 5.37. The molecule has 1 saturated carbocycles. The maximum Gasteiger partial charge on any atom is 0.182 e. The van der Waals surface area contributed by atoms with Crippen molar-refractivity contribution >= 4 is 22.8 Å². The fourth-order valence-electron chi connectivity index (χ4n) is 5.21. The molecule has 31 heavy (non-hydrogen) atoms. The van der Waals surface area contributed by atoms with E-state index in [1.54, 1.807) is 7.11 Å². The van der Waals surface area contributed by atoms with Crippen molar-refractivity contribution in [2.24, 2.45) is 5.92 Å². The summed E-state index contributed by atoms with van der Waals surface area (Å²) in [5.41, 5.74) is 5.74. The number of halogens is 1. The highest BCUT2D eigenvalue weighted by atomic mass is 35.5. The predicted molar refractivity (Wildman–Crippen MR) is 126 cm³/mol. The zero-order chi connectivity index (χ0) is 21.6. The van der Waals surface area contributed by atoms with E-state index in [-0.39, 0.29) is 0 Å². The Morgan fingerprint density at radius 1 is 1.23 bits per heavy atom. The number of pyridine rings is 1. The molecule has 3 heterocycles. The second-order valence-electron chi connectivity index (χ2n) is 9.11. The van der Waals surface area contributed by atoms with Gasteiger partial charge in [-0.3, -0.25) is 4.48 Å². The Kier molecular flexibility index (Phi) is 5.45. The molecule has 2 atom stereocenters. The molecule has 1 saturated heterocycles. The predicted octanol–water partition coefficient (Wildman–Crippen LogP) is 5.36. The average Bonchev–Trinajstić information content (AvgIpc) is 3.27. The molecule has 6 heteroatoms. The minimum atomic E-state index is 0.479. The molecule has 0 N–H and O–H groups in total. The van der Waals surface area contributed by atoms with Crippen LogP contribution in [-0.2, 0) is 11.2 Å². The summed E-state index contributed by atoms with van der Waals surface area (Å²) in [6, 6.07) is 12.7. The van der Waals surface area contributed by atoms with Crippen LogP contribution in [0.25, 0.3) is 16.8 Å². The Labute approximate surface area is 189 Å². The van der Waals surface area contributed by atoms with Gasteiger partial charge in [0, 0.05) is 22.9 Å². The van der Waals surface area contributed by atoms with Crippen molar-refractivity contribution in [2.75, 3.05) is 33.9 Å².